The standard InChI is InChI=1S/C10H13BrClNO.ClH/c11-7-3-4-9(12)8(6-7)10(13)2-1-5-14;/h3-4,6,10,14H,1-2,5,13H2;1H/t10-;/m0./s1. The summed E-state index contributed by atoms with van der Waals surface area (Å²) in [6.45, 7) is 0.166. The van der Waals surface area contributed by atoms with E-state index < -0.39 is 0 Å². The lowest BCUT2D eigenvalue weighted by Crippen LogP contribution is -2.11. The minimum Gasteiger partial charge on any atom is -0.396 e. The Morgan fingerprint density at radius 1 is 1.47 bits per heavy atom. The van der Waals surface area contributed by atoms with Gasteiger partial charge < -0.3 is 10.8 Å². The van der Waals surface area contributed by atoms with Gasteiger partial charge in [-0.2, -0.15) is 0 Å². The Morgan fingerprint density at radius 3 is 2.73 bits per heavy atom. The molecule has 1 aromatic rings. The summed E-state index contributed by atoms with van der Waals surface area (Å²) < 4.78 is 0.969. The Balaban J connectivity index is 0.00000196. The van der Waals surface area contributed by atoms with Crippen molar-refractivity contribution in [2.24, 2.45) is 5.73 Å². The van der Waals surface area contributed by atoms with Gasteiger partial charge >= 0.3 is 0 Å². The molecule has 0 radical (unpaired) electrons. The molecule has 86 valence electrons. The molecule has 0 amide bonds. The van der Waals surface area contributed by atoms with Crippen LogP contribution >= 0.6 is 39.9 Å². The van der Waals surface area contributed by atoms with Gasteiger partial charge in [-0.1, -0.05) is 27.5 Å². The van der Waals surface area contributed by atoms with Crippen LogP contribution in [0.5, 0.6) is 0 Å². The molecule has 1 aromatic carbocycles. The summed E-state index contributed by atoms with van der Waals surface area (Å²) in [5.74, 6) is 0. The van der Waals surface area contributed by atoms with Crippen LogP contribution in [0.25, 0.3) is 0 Å². The second-order valence-corrected chi connectivity index (χ2v) is 4.46. The second-order valence-electron chi connectivity index (χ2n) is 3.14. The Labute approximate surface area is 109 Å². The summed E-state index contributed by atoms with van der Waals surface area (Å²) in [7, 11) is 0. The van der Waals surface area contributed by atoms with E-state index in [1.807, 2.05) is 18.2 Å². The van der Waals surface area contributed by atoms with Gasteiger partial charge in [0.1, 0.15) is 0 Å². The normalized spacial score (nSPS) is 12.0. The molecule has 0 aromatic heterocycles. The SMILES string of the molecule is Cl.N[C@@H](CCCO)c1cc(Br)ccc1Cl. The molecule has 5 heteroatoms. The van der Waals surface area contributed by atoms with Crippen LogP contribution in [0.2, 0.25) is 5.02 Å². The molecule has 0 fully saturated rings. The van der Waals surface area contributed by atoms with Gasteiger partial charge in [0.05, 0.1) is 0 Å². The monoisotopic (exact) mass is 313 g/mol. The fourth-order valence-electron chi connectivity index (χ4n) is 1.27. The predicted octanol–water partition coefficient (Wildman–Crippen LogP) is 3.30. The second kappa shape index (κ2) is 7.47. The molecule has 0 aliphatic heterocycles. The van der Waals surface area contributed by atoms with Gasteiger partial charge in [0.15, 0.2) is 0 Å². The maximum absolute atomic E-state index is 8.69. The summed E-state index contributed by atoms with van der Waals surface area (Å²) >= 11 is 9.38. The van der Waals surface area contributed by atoms with Crippen molar-refractivity contribution in [3.8, 4) is 0 Å². The van der Waals surface area contributed by atoms with Crippen molar-refractivity contribution in [1.29, 1.82) is 0 Å². The molecule has 1 rings (SSSR count). The summed E-state index contributed by atoms with van der Waals surface area (Å²) in [5, 5.41) is 9.37. The first kappa shape index (κ1) is 15.2. The first-order valence-electron chi connectivity index (χ1n) is 4.46. The smallest absolute Gasteiger partial charge is 0.0454 e. The zero-order valence-corrected chi connectivity index (χ0v) is 11.3. The van der Waals surface area contributed by atoms with E-state index in [2.05, 4.69) is 15.9 Å². The highest BCUT2D eigenvalue weighted by atomic mass is 79.9. The van der Waals surface area contributed by atoms with E-state index in [9.17, 15) is 0 Å². The minimum atomic E-state index is -0.104. The van der Waals surface area contributed by atoms with Crippen molar-refractivity contribution in [2.45, 2.75) is 18.9 Å². The van der Waals surface area contributed by atoms with Crippen LogP contribution in [-0.4, -0.2) is 11.7 Å². The molecule has 0 saturated heterocycles. The largest absolute Gasteiger partial charge is 0.396 e. The van der Waals surface area contributed by atoms with Gasteiger partial charge in [-0.25, -0.2) is 0 Å². The molecule has 0 aliphatic rings. The van der Waals surface area contributed by atoms with Gasteiger partial charge in [-0.3, -0.25) is 0 Å². The quantitative estimate of drug-likeness (QED) is 0.895. The highest BCUT2D eigenvalue weighted by Gasteiger charge is 2.09. The van der Waals surface area contributed by atoms with E-state index in [0.29, 0.717) is 11.4 Å². The molecular weight excluding hydrogens is 301 g/mol. The third kappa shape index (κ3) is 4.70. The lowest BCUT2D eigenvalue weighted by atomic mass is 10.0. The predicted molar refractivity (Wildman–Crippen MR) is 69.6 cm³/mol. The van der Waals surface area contributed by atoms with Gasteiger partial charge in [-0.05, 0) is 36.6 Å². The minimum absolute atomic E-state index is 0. The van der Waals surface area contributed by atoms with Crippen LogP contribution in [0, 0.1) is 0 Å². The molecule has 1 atom stereocenters. The Kier molecular flexibility index (Phi) is 7.57. The van der Waals surface area contributed by atoms with Crippen molar-refractivity contribution in [1.82, 2.24) is 0 Å². The Bertz CT molecular complexity index is 309. The summed E-state index contributed by atoms with van der Waals surface area (Å²) in [4.78, 5) is 0. The topological polar surface area (TPSA) is 46.2 Å². The average Bonchev–Trinajstić information content (AvgIpc) is 2.18. The Hall–Kier alpha value is 0.200. The van der Waals surface area contributed by atoms with Crippen molar-refractivity contribution in [3.63, 3.8) is 0 Å². The summed E-state index contributed by atoms with van der Waals surface area (Å²) in [6.07, 6.45) is 1.44. The number of rotatable bonds is 4. The molecule has 0 bridgehead atoms. The number of aliphatic hydroxyl groups excluding tert-OH is 1. The number of aliphatic hydroxyl groups is 1. The lowest BCUT2D eigenvalue weighted by molar-refractivity contribution is 0.280. The molecule has 0 unspecified atom stereocenters. The number of nitrogens with two attached hydrogens (primary N) is 1. The average molecular weight is 315 g/mol. The maximum atomic E-state index is 8.69. The molecule has 0 saturated carbocycles. The molecule has 15 heavy (non-hydrogen) atoms. The third-order valence-corrected chi connectivity index (χ3v) is 2.87. The number of benzene rings is 1. The highest BCUT2D eigenvalue weighted by molar-refractivity contribution is 9.10. The number of halogens is 3. The first-order valence-corrected chi connectivity index (χ1v) is 5.63. The maximum Gasteiger partial charge on any atom is 0.0454 e. The lowest BCUT2D eigenvalue weighted by Gasteiger charge is -2.13. The van der Waals surface area contributed by atoms with E-state index in [1.165, 1.54) is 0 Å². The van der Waals surface area contributed by atoms with Gasteiger partial charge in [0, 0.05) is 22.1 Å². The summed E-state index contributed by atoms with van der Waals surface area (Å²) in [5.41, 5.74) is 6.86. The molecule has 0 heterocycles. The van der Waals surface area contributed by atoms with Crippen LogP contribution in [0.4, 0.5) is 0 Å². The fraction of sp³-hybridized carbons (Fsp3) is 0.400. The third-order valence-electron chi connectivity index (χ3n) is 2.03. The molecule has 0 aliphatic carbocycles. The number of hydrogen-bond donors (Lipinski definition) is 2. The van der Waals surface area contributed by atoms with E-state index in [4.69, 9.17) is 22.4 Å². The molecule has 0 spiro atoms. The fourth-order valence-corrected chi connectivity index (χ4v) is 1.90. The van der Waals surface area contributed by atoms with Crippen molar-refractivity contribution in [3.05, 3.63) is 33.3 Å². The van der Waals surface area contributed by atoms with E-state index >= 15 is 0 Å². The van der Waals surface area contributed by atoms with E-state index in [0.717, 1.165) is 16.5 Å². The van der Waals surface area contributed by atoms with Crippen LogP contribution in [0.3, 0.4) is 0 Å². The zero-order valence-electron chi connectivity index (χ0n) is 8.12. The van der Waals surface area contributed by atoms with Crippen LogP contribution in [0.1, 0.15) is 24.4 Å². The van der Waals surface area contributed by atoms with Gasteiger partial charge in [0.2, 0.25) is 0 Å². The van der Waals surface area contributed by atoms with Gasteiger partial charge in [-0.15, -0.1) is 12.4 Å². The van der Waals surface area contributed by atoms with Crippen LogP contribution in [-0.2, 0) is 0 Å². The van der Waals surface area contributed by atoms with Crippen molar-refractivity contribution >= 4 is 39.9 Å². The molecule has 3 N–H and O–H groups in total. The van der Waals surface area contributed by atoms with E-state index in [1.54, 1.807) is 0 Å². The molecular formula is C10H14BrCl2NO. The summed E-state index contributed by atoms with van der Waals surface area (Å²) in [6, 6.07) is 5.52. The van der Waals surface area contributed by atoms with Crippen molar-refractivity contribution in [2.75, 3.05) is 6.61 Å². The van der Waals surface area contributed by atoms with E-state index in [-0.39, 0.29) is 25.1 Å². The zero-order chi connectivity index (χ0) is 10.6. The van der Waals surface area contributed by atoms with Gasteiger partial charge in [0.25, 0.3) is 0 Å². The van der Waals surface area contributed by atoms with Crippen molar-refractivity contribution < 1.29 is 5.11 Å². The Morgan fingerprint density at radius 2 is 2.13 bits per heavy atom. The number of hydrogen-bond acceptors (Lipinski definition) is 2. The molecule has 2 nitrogen and oxygen atoms in total. The first-order chi connectivity index (χ1) is 6.65. The van der Waals surface area contributed by atoms with Crippen LogP contribution in [0.15, 0.2) is 22.7 Å². The highest BCUT2D eigenvalue weighted by Crippen LogP contribution is 2.27. The van der Waals surface area contributed by atoms with Crippen LogP contribution < -0.4 is 5.73 Å².